The molecule has 1 nitrogen and oxygen atoms in total. The molecule has 0 fully saturated rings. The molecule has 9 rings (SSSR count). The molecule has 0 aliphatic heterocycles. The molecular weight excluding hydrogens is 1040 g/mol. The van der Waals surface area contributed by atoms with Crippen LogP contribution in [0.4, 0.5) is 0 Å². The Hall–Kier alpha value is -4.69. The summed E-state index contributed by atoms with van der Waals surface area (Å²) in [4.78, 5) is 0. The second-order valence-electron chi connectivity index (χ2n) is 13.0. The summed E-state index contributed by atoms with van der Waals surface area (Å²) in [7, 11) is 4.61. The zero-order valence-electron chi connectivity index (χ0n) is 33.5. The Balaban J connectivity index is 0.000000166. The third-order valence-corrected chi connectivity index (χ3v) is 24.5. The van der Waals surface area contributed by atoms with Crippen LogP contribution in [0.25, 0.3) is 0 Å². The standard InChI is InChI=1S/3C18H15As.CO.ClH.Ru.H/c3*1-4-10-16(11-5-1)19(17-12-6-2-7-13-17)18-14-8-3-9-15-18;1-2;;;/h3*1-15H;;1H;;/q;;;;;+1;/p-1. The van der Waals surface area contributed by atoms with Crippen molar-refractivity contribution in [1.82, 2.24) is 0 Å². The topological polar surface area (TPSA) is 19.9 Å². The summed E-state index contributed by atoms with van der Waals surface area (Å²) in [5.41, 5.74) is 0. The zero-order chi connectivity index (χ0) is 42.7. The first kappa shape index (κ1) is 47.4. The van der Waals surface area contributed by atoms with Gasteiger partial charge in [-0.05, 0) is 0 Å². The predicted molar refractivity (Wildman–Crippen MR) is 263 cm³/mol. The van der Waals surface area contributed by atoms with Gasteiger partial charge in [0, 0.05) is 0 Å². The van der Waals surface area contributed by atoms with Crippen LogP contribution in [0.3, 0.4) is 0 Å². The quantitative estimate of drug-likeness (QED) is 0.0846. The predicted octanol–water partition coefficient (Wildman–Crippen LogP) is 6.99. The molecule has 0 atom stereocenters. The fourth-order valence-corrected chi connectivity index (χ4v) is 21.0. The number of hydrogen-bond donors (Lipinski definition) is 0. The Morgan fingerprint density at radius 1 is 0.213 bits per heavy atom. The third kappa shape index (κ3) is 14.7. The first-order valence-electron chi connectivity index (χ1n) is 19.6. The van der Waals surface area contributed by atoms with Crippen molar-refractivity contribution >= 4 is 92.8 Å². The van der Waals surface area contributed by atoms with Crippen LogP contribution in [0.5, 0.6) is 0 Å². The van der Waals surface area contributed by atoms with Crippen LogP contribution >= 0.6 is 9.69 Å². The molecule has 0 unspecified atom stereocenters. The molecule has 0 aromatic heterocycles. The molecule has 61 heavy (non-hydrogen) atoms. The van der Waals surface area contributed by atoms with Crippen molar-refractivity contribution in [2.75, 3.05) is 0 Å². The van der Waals surface area contributed by atoms with E-state index in [9.17, 15) is 0 Å². The van der Waals surface area contributed by atoms with E-state index in [0.717, 1.165) is 0 Å². The van der Waals surface area contributed by atoms with Crippen molar-refractivity contribution in [3.63, 3.8) is 0 Å². The maximum absolute atomic E-state index is 7.50. The summed E-state index contributed by atoms with van der Waals surface area (Å²) in [6, 6.07) is 98.1. The number of rotatable bonds is 9. The summed E-state index contributed by atoms with van der Waals surface area (Å²) in [6.45, 7) is 4.50. The van der Waals surface area contributed by atoms with Gasteiger partial charge in [0.25, 0.3) is 0 Å². The molecule has 0 aliphatic carbocycles. The number of hydrogen-bond acceptors (Lipinski definition) is 0. The van der Waals surface area contributed by atoms with E-state index in [0.29, 0.717) is 0 Å². The zero-order valence-corrected chi connectivity index (χ0v) is 41.7. The average molecular weight is 1080 g/mol. The van der Waals surface area contributed by atoms with Crippen LogP contribution in [-0.4, -0.2) is 44.0 Å². The Bertz CT molecular complexity index is 1920. The molecule has 0 aliphatic rings. The Morgan fingerprint density at radius 3 is 0.377 bits per heavy atom. The Labute approximate surface area is 390 Å². The van der Waals surface area contributed by atoms with Gasteiger partial charge in [-0.25, -0.2) is 0 Å². The monoisotopic (exact) mass is 1080 g/mol. The molecule has 0 saturated carbocycles. The summed E-state index contributed by atoms with van der Waals surface area (Å²) in [5, 5.41) is 0. The van der Waals surface area contributed by atoms with E-state index >= 15 is 0 Å². The number of halogens is 1. The normalized spacial score (nSPS) is 10.0. The van der Waals surface area contributed by atoms with Gasteiger partial charge in [0.2, 0.25) is 0 Å². The molecule has 0 bridgehead atoms. The number of benzene rings is 9. The average Bonchev–Trinajstić information content (AvgIpc) is 3.37. The molecule has 0 radical (unpaired) electrons. The van der Waals surface area contributed by atoms with E-state index in [4.69, 9.17) is 4.65 Å². The maximum atomic E-state index is 7.50. The fourth-order valence-electron chi connectivity index (χ4n) is 6.54. The van der Waals surface area contributed by atoms with Gasteiger partial charge < -0.3 is 0 Å². The van der Waals surface area contributed by atoms with Gasteiger partial charge >= 0.3 is 394 Å². The molecule has 6 heteroatoms. The van der Waals surface area contributed by atoms with Crippen molar-refractivity contribution in [3.05, 3.63) is 280 Å². The molecule has 302 valence electrons. The van der Waals surface area contributed by atoms with E-state index in [1.807, 2.05) is 0 Å². The van der Waals surface area contributed by atoms with Crippen LogP contribution in [0.1, 0.15) is 0 Å². The van der Waals surface area contributed by atoms with Crippen LogP contribution in [0, 0.1) is 6.65 Å². The van der Waals surface area contributed by atoms with Gasteiger partial charge in [-0.2, -0.15) is 0 Å². The molecule has 0 heterocycles. The van der Waals surface area contributed by atoms with E-state index in [2.05, 4.69) is 289 Å². The minimum absolute atomic E-state index is 1.39. The first-order chi connectivity index (χ1) is 30.3. The summed E-state index contributed by atoms with van der Waals surface area (Å²) >= 11 is -2.55. The fraction of sp³-hybridized carbons (Fsp3) is 0. The molecule has 0 amide bonds. The van der Waals surface area contributed by atoms with E-state index in [1.165, 1.54) is 39.2 Å². The molecule has 0 N–H and O–H groups in total. The van der Waals surface area contributed by atoms with Crippen LogP contribution < -0.4 is 39.2 Å². The summed E-state index contributed by atoms with van der Waals surface area (Å²) in [5.74, 6) is 0. The third-order valence-electron chi connectivity index (χ3n) is 9.13. The van der Waals surface area contributed by atoms with Gasteiger partial charge in [-0.15, -0.1) is 0 Å². The van der Waals surface area contributed by atoms with Gasteiger partial charge in [0.1, 0.15) is 0 Å². The van der Waals surface area contributed by atoms with E-state index in [-0.39, 0.29) is 0 Å². The molecule has 0 saturated heterocycles. The van der Waals surface area contributed by atoms with Crippen molar-refractivity contribution < 1.29 is 22.0 Å². The van der Waals surface area contributed by atoms with Gasteiger partial charge in [-0.3, -0.25) is 0 Å². The Kier molecular flexibility index (Phi) is 21.7. The summed E-state index contributed by atoms with van der Waals surface area (Å²) < 4.78 is 20.8. The summed E-state index contributed by atoms with van der Waals surface area (Å²) in [6.07, 6.45) is 0. The first-order valence-corrected chi connectivity index (χ1v) is 30.4. The molecule has 9 aromatic rings. The second kappa shape index (κ2) is 28.0. The van der Waals surface area contributed by atoms with Crippen LogP contribution in [-0.2, 0) is 22.0 Å². The van der Waals surface area contributed by atoms with Crippen molar-refractivity contribution in [2.24, 2.45) is 0 Å². The van der Waals surface area contributed by atoms with Gasteiger partial charge in [0.05, 0.1) is 0 Å². The van der Waals surface area contributed by atoms with E-state index in [1.54, 1.807) is 17.3 Å². The van der Waals surface area contributed by atoms with E-state index < -0.39 is 44.0 Å². The van der Waals surface area contributed by atoms with Gasteiger partial charge in [0.15, 0.2) is 0 Å². The second-order valence-corrected chi connectivity index (χ2v) is 27.0. The molecule has 9 aromatic carbocycles. The molecule has 0 spiro atoms. The minimum atomic E-state index is -1.39. The van der Waals surface area contributed by atoms with Crippen molar-refractivity contribution in [2.45, 2.75) is 0 Å². The Morgan fingerprint density at radius 2 is 0.295 bits per heavy atom. The van der Waals surface area contributed by atoms with Crippen molar-refractivity contribution in [1.29, 1.82) is 0 Å². The van der Waals surface area contributed by atoms with Crippen molar-refractivity contribution in [3.8, 4) is 0 Å². The SMILES string of the molecule is [C-]#[O+].[Cl][RuH].c1ccc([As](c2ccccc2)c2ccccc2)cc1.c1ccc([As](c2ccccc2)c2ccccc2)cc1.c1ccc([As](c2ccccc2)c2ccccc2)cc1. The molecular formula is C55H46As3ClORu. The van der Waals surface area contributed by atoms with Gasteiger partial charge in [-0.1, -0.05) is 0 Å². The van der Waals surface area contributed by atoms with Crippen LogP contribution in [0.2, 0.25) is 0 Å². The van der Waals surface area contributed by atoms with Crippen LogP contribution in [0.15, 0.2) is 273 Å².